The second-order valence-electron chi connectivity index (χ2n) is 6.63. The van der Waals surface area contributed by atoms with Crippen LogP contribution in [0.15, 0.2) is 42.5 Å². The van der Waals surface area contributed by atoms with Crippen molar-refractivity contribution in [1.29, 1.82) is 0 Å². The highest BCUT2D eigenvalue weighted by molar-refractivity contribution is 7.80. The van der Waals surface area contributed by atoms with E-state index in [9.17, 15) is 9.59 Å². The average Bonchev–Trinajstić information content (AvgIpc) is 3.30. The number of nitrogens with one attached hydrogen (secondary N) is 1. The van der Waals surface area contributed by atoms with Gasteiger partial charge in [-0.15, -0.1) is 0 Å². The van der Waals surface area contributed by atoms with Gasteiger partial charge in [-0.2, -0.15) is 0 Å². The number of hydrogen-bond donors (Lipinski definition) is 1. The van der Waals surface area contributed by atoms with Crippen molar-refractivity contribution >= 4 is 46.4 Å². The first-order valence-electron chi connectivity index (χ1n) is 8.97. The van der Waals surface area contributed by atoms with Crippen LogP contribution >= 0.6 is 23.8 Å². The molecule has 0 unspecified atom stereocenters. The van der Waals surface area contributed by atoms with Crippen LogP contribution in [-0.2, 0) is 16.1 Å². The molecule has 1 saturated heterocycles. The molecule has 7 nitrogen and oxygen atoms in total. The first-order chi connectivity index (χ1) is 14.0. The molecule has 0 spiro atoms. The molecule has 0 aromatic heterocycles. The van der Waals surface area contributed by atoms with E-state index >= 15 is 0 Å². The van der Waals surface area contributed by atoms with Gasteiger partial charge < -0.3 is 19.7 Å². The quantitative estimate of drug-likeness (QED) is 0.589. The smallest absolute Gasteiger partial charge is 0.257 e. The van der Waals surface area contributed by atoms with Crippen LogP contribution in [0.2, 0.25) is 5.02 Å². The van der Waals surface area contributed by atoms with Gasteiger partial charge in [0, 0.05) is 18.6 Å². The number of carbonyl (C=O) groups excluding carboxylic acids is 2. The molecule has 150 valence electrons. The Morgan fingerprint density at radius 2 is 1.93 bits per heavy atom. The number of thiocarbonyl (C=S) groups is 1. The van der Waals surface area contributed by atoms with Crippen molar-refractivity contribution < 1.29 is 19.1 Å². The number of ether oxygens (including phenoxy) is 2. The third-order valence-electron chi connectivity index (χ3n) is 4.85. The highest BCUT2D eigenvalue weighted by Gasteiger charge is 2.43. The Morgan fingerprint density at radius 1 is 1.21 bits per heavy atom. The van der Waals surface area contributed by atoms with Crippen LogP contribution in [0.25, 0.3) is 0 Å². The second kappa shape index (κ2) is 7.88. The van der Waals surface area contributed by atoms with E-state index in [1.807, 2.05) is 18.2 Å². The molecule has 4 rings (SSSR count). The number of anilines is 1. The Hall–Kier alpha value is -2.84. The fourth-order valence-electron chi connectivity index (χ4n) is 3.42. The lowest BCUT2D eigenvalue weighted by Crippen LogP contribution is -2.48. The molecule has 1 fully saturated rings. The molecule has 0 aliphatic carbocycles. The summed E-state index contributed by atoms with van der Waals surface area (Å²) in [5.74, 6) is 0.722. The van der Waals surface area contributed by atoms with Crippen LogP contribution < -0.4 is 19.7 Å². The normalized spacial score (nSPS) is 17.6. The molecular weight excluding hydrogens is 414 g/mol. The van der Waals surface area contributed by atoms with Gasteiger partial charge in [0.05, 0.1) is 12.1 Å². The van der Waals surface area contributed by atoms with Gasteiger partial charge in [0.25, 0.3) is 5.91 Å². The summed E-state index contributed by atoms with van der Waals surface area (Å²) in [5, 5.41) is 3.83. The molecular formula is C20H18ClN3O4S. The minimum absolute atomic E-state index is 0.0355. The molecule has 2 aliphatic rings. The van der Waals surface area contributed by atoms with Crippen molar-refractivity contribution in [1.82, 2.24) is 10.2 Å². The zero-order valence-electron chi connectivity index (χ0n) is 15.6. The Bertz CT molecular complexity index is 982. The maximum Gasteiger partial charge on any atom is 0.257 e. The van der Waals surface area contributed by atoms with Crippen molar-refractivity contribution in [2.45, 2.75) is 19.0 Å². The maximum atomic E-state index is 13.1. The van der Waals surface area contributed by atoms with Gasteiger partial charge in [-0.05, 0) is 54.2 Å². The Balaban J connectivity index is 1.60. The zero-order valence-corrected chi connectivity index (χ0v) is 17.1. The number of fused-ring (bicyclic) bond motifs is 1. The van der Waals surface area contributed by atoms with Crippen LogP contribution in [0.5, 0.6) is 11.5 Å². The van der Waals surface area contributed by atoms with Gasteiger partial charge in [0.2, 0.25) is 12.7 Å². The molecule has 0 radical (unpaired) electrons. The van der Waals surface area contributed by atoms with Gasteiger partial charge in [-0.1, -0.05) is 17.7 Å². The second-order valence-corrected chi connectivity index (χ2v) is 7.46. The first kappa shape index (κ1) is 19.5. The Labute approximate surface area is 178 Å². The Morgan fingerprint density at radius 3 is 2.66 bits per heavy atom. The van der Waals surface area contributed by atoms with Crippen molar-refractivity contribution in [3.8, 4) is 11.5 Å². The van der Waals surface area contributed by atoms with Crippen molar-refractivity contribution in [3.63, 3.8) is 0 Å². The van der Waals surface area contributed by atoms with E-state index in [0.717, 1.165) is 5.56 Å². The molecule has 0 bridgehead atoms. The zero-order chi connectivity index (χ0) is 20.5. The minimum atomic E-state index is -0.705. The van der Waals surface area contributed by atoms with Crippen LogP contribution in [0.1, 0.15) is 12.0 Å². The molecule has 2 heterocycles. The predicted molar refractivity (Wildman–Crippen MR) is 112 cm³/mol. The minimum Gasteiger partial charge on any atom is -0.454 e. The van der Waals surface area contributed by atoms with E-state index in [-0.39, 0.29) is 25.0 Å². The van der Waals surface area contributed by atoms with E-state index < -0.39 is 6.04 Å². The predicted octanol–water partition coefficient (Wildman–Crippen LogP) is 2.71. The third kappa shape index (κ3) is 3.73. The number of amides is 2. The van der Waals surface area contributed by atoms with E-state index in [1.54, 1.807) is 36.2 Å². The number of imide groups is 1. The number of carbonyl (C=O) groups is 2. The largest absolute Gasteiger partial charge is 0.454 e. The highest BCUT2D eigenvalue weighted by Crippen LogP contribution is 2.34. The number of benzene rings is 2. The summed E-state index contributed by atoms with van der Waals surface area (Å²) in [6.45, 7) is 0.525. The fourth-order valence-corrected chi connectivity index (χ4v) is 3.74. The monoisotopic (exact) mass is 431 g/mol. The summed E-state index contributed by atoms with van der Waals surface area (Å²) in [6.07, 6.45) is 0.0355. The van der Waals surface area contributed by atoms with Crippen molar-refractivity contribution in [3.05, 3.63) is 53.1 Å². The summed E-state index contributed by atoms with van der Waals surface area (Å²) in [5.41, 5.74) is 1.38. The molecule has 2 aliphatic heterocycles. The first-order valence-corrected chi connectivity index (χ1v) is 9.76. The average molecular weight is 432 g/mol. The molecule has 2 amide bonds. The lowest BCUT2D eigenvalue weighted by molar-refractivity contribution is -0.122. The van der Waals surface area contributed by atoms with Crippen LogP contribution in [0.3, 0.4) is 0 Å². The molecule has 9 heteroatoms. The van der Waals surface area contributed by atoms with Crippen LogP contribution in [0.4, 0.5) is 5.69 Å². The van der Waals surface area contributed by atoms with Crippen molar-refractivity contribution in [2.24, 2.45) is 0 Å². The van der Waals surface area contributed by atoms with E-state index in [2.05, 4.69) is 5.32 Å². The lowest BCUT2D eigenvalue weighted by Gasteiger charge is -2.29. The number of halogens is 1. The summed E-state index contributed by atoms with van der Waals surface area (Å²) in [7, 11) is 1.69. The molecule has 0 saturated carbocycles. The molecule has 29 heavy (non-hydrogen) atoms. The van der Waals surface area contributed by atoms with Gasteiger partial charge in [0.15, 0.2) is 16.6 Å². The van der Waals surface area contributed by atoms with E-state index in [1.165, 1.54) is 4.90 Å². The van der Waals surface area contributed by atoms with Crippen molar-refractivity contribution in [2.75, 3.05) is 18.7 Å². The third-order valence-corrected chi connectivity index (χ3v) is 5.54. The summed E-state index contributed by atoms with van der Waals surface area (Å²) < 4.78 is 10.8. The van der Waals surface area contributed by atoms with E-state index in [4.69, 9.17) is 33.3 Å². The van der Waals surface area contributed by atoms with Crippen LogP contribution in [-0.4, -0.2) is 41.7 Å². The maximum absolute atomic E-state index is 13.1. The fraction of sp³-hybridized carbons (Fsp3) is 0.250. The molecule has 1 atom stereocenters. The summed E-state index contributed by atoms with van der Waals surface area (Å²) >= 11 is 11.4. The van der Waals surface area contributed by atoms with Gasteiger partial charge in [0.1, 0.15) is 6.04 Å². The van der Waals surface area contributed by atoms with Gasteiger partial charge in [-0.3, -0.25) is 9.59 Å². The number of nitrogens with zero attached hydrogens (tertiary/aromatic N) is 2. The Kier molecular flexibility index (Phi) is 5.29. The van der Waals surface area contributed by atoms with Gasteiger partial charge in [-0.25, -0.2) is 4.90 Å². The lowest BCUT2D eigenvalue weighted by atomic mass is 10.1. The van der Waals surface area contributed by atoms with Gasteiger partial charge >= 0.3 is 0 Å². The standard InChI is InChI=1S/C20H18ClN3O4S/c1-22-20(29)23(10-12-2-7-16-17(8-12)28-11-27-16)15-9-18(25)24(19(15)26)14-5-3-13(21)4-6-14/h2-8,15H,9-11H2,1H3,(H,22,29)/t15-/m1/s1. The summed E-state index contributed by atoms with van der Waals surface area (Å²) in [6, 6.07) is 11.4. The number of rotatable bonds is 4. The number of hydrogen-bond acceptors (Lipinski definition) is 5. The SMILES string of the molecule is CNC(=S)N(Cc1ccc2c(c1)OCO2)[C@@H]1CC(=O)N(c2ccc(Cl)cc2)C1=O. The highest BCUT2D eigenvalue weighted by atomic mass is 35.5. The molecule has 2 aromatic rings. The van der Waals surface area contributed by atoms with Crippen LogP contribution in [0, 0.1) is 0 Å². The topological polar surface area (TPSA) is 71.1 Å². The van der Waals surface area contributed by atoms with E-state index in [0.29, 0.717) is 33.9 Å². The summed E-state index contributed by atoms with van der Waals surface area (Å²) in [4.78, 5) is 28.7. The molecule has 2 aromatic carbocycles. The molecule has 1 N–H and O–H groups in total.